The van der Waals surface area contributed by atoms with E-state index in [1.165, 1.54) is 51.4 Å². The number of aliphatic hydroxyl groups excluding tert-OH is 1. The normalized spacial score (nSPS) is 19.3. The van der Waals surface area contributed by atoms with Gasteiger partial charge in [-0.15, -0.1) is 6.58 Å². The Morgan fingerprint density at radius 3 is 2.47 bits per heavy atom. The van der Waals surface area contributed by atoms with Crippen LogP contribution < -0.4 is 0 Å². The Hall–Kier alpha value is -0.300. The molecule has 0 spiro atoms. The standard InChI is InChI=1S/C14H26O/c1-2-3-4-5-6-7-12-14(15)13-10-8-9-11-13/h2,13-15H,1,3-12H2. The SMILES string of the molecule is C=CCCCCCCC(O)C1CCCC1. The van der Waals surface area contributed by atoms with E-state index in [0.717, 1.165) is 12.8 Å². The Morgan fingerprint density at radius 2 is 1.80 bits per heavy atom. The Kier molecular flexibility index (Phi) is 6.74. The minimum Gasteiger partial charge on any atom is -0.393 e. The quantitative estimate of drug-likeness (QED) is 0.473. The van der Waals surface area contributed by atoms with Crippen LogP contribution in [0, 0.1) is 5.92 Å². The second kappa shape index (κ2) is 7.92. The van der Waals surface area contributed by atoms with Crippen LogP contribution in [0.15, 0.2) is 12.7 Å². The van der Waals surface area contributed by atoms with Crippen LogP contribution in [0.5, 0.6) is 0 Å². The van der Waals surface area contributed by atoms with Gasteiger partial charge in [-0.1, -0.05) is 38.2 Å². The molecule has 0 saturated heterocycles. The number of unbranched alkanes of at least 4 members (excludes halogenated alkanes) is 4. The molecule has 1 rings (SSSR count). The summed E-state index contributed by atoms with van der Waals surface area (Å²) < 4.78 is 0. The third-order valence-electron chi connectivity index (χ3n) is 3.60. The summed E-state index contributed by atoms with van der Waals surface area (Å²) in [6.07, 6.45) is 14.4. The maximum absolute atomic E-state index is 9.94. The topological polar surface area (TPSA) is 20.2 Å². The molecule has 0 aromatic rings. The molecule has 1 aliphatic carbocycles. The van der Waals surface area contributed by atoms with Crippen molar-refractivity contribution in [2.45, 2.75) is 70.3 Å². The van der Waals surface area contributed by atoms with Crippen molar-refractivity contribution in [3.8, 4) is 0 Å². The summed E-state index contributed by atoms with van der Waals surface area (Å²) in [4.78, 5) is 0. The summed E-state index contributed by atoms with van der Waals surface area (Å²) >= 11 is 0. The van der Waals surface area contributed by atoms with Crippen molar-refractivity contribution in [1.82, 2.24) is 0 Å². The molecular weight excluding hydrogens is 184 g/mol. The number of hydrogen-bond donors (Lipinski definition) is 1. The second-order valence-corrected chi connectivity index (χ2v) is 4.89. The highest BCUT2D eigenvalue weighted by Crippen LogP contribution is 2.29. The molecule has 1 N–H and O–H groups in total. The summed E-state index contributed by atoms with van der Waals surface area (Å²) in [5.41, 5.74) is 0. The summed E-state index contributed by atoms with van der Waals surface area (Å²) in [5, 5.41) is 9.94. The van der Waals surface area contributed by atoms with Crippen LogP contribution in [0.4, 0.5) is 0 Å². The van der Waals surface area contributed by atoms with Crippen LogP contribution in [0.25, 0.3) is 0 Å². The van der Waals surface area contributed by atoms with Gasteiger partial charge < -0.3 is 5.11 Å². The lowest BCUT2D eigenvalue weighted by Gasteiger charge is -2.17. The molecule has 0 aliphatic heterocycles. The van der Waals surface area contributed by atoms with E-state index in [1.54, 1.807) is 0 Å². The number of aliphatic hydroxyl groups is 1. The molecule has 15 heavy (non-hydrogen) atoms. The Labute approximate surface area is 94.6 Å². The molecule has 1 fully saturated rings. The zero-order valence-electron chi connectivity index (χ0n) is 9.96. The van der Waals surface area contributed by atoms with Crippen LogP contribution in [0.3, 0.4) is 0 Å². The monoisotopic (exact) mass is 210 g/mol. The van der Waals surface area contributed by atoms with Gasteiger partial charge in [-0.05, 0) is 38.0 Å². The fourth-order valence-corrected chi connectivity index (χ4v) is 2.57. The predicted molar refractivity (Wildman–Crippen MR) is 65.9 cm³/mol. The van der Waals surface area contributed by atoms with Gasteiger partial charge in [0, 0.05) is 0 Å². The van der Waals surface area contributed by atoms with Gasteiger partial charge in [0.15, 0.2) is 0 Å². The zero-order valence-corrected chi connectivity index (χ0v) is 9.96. The van der Waals surface area contributed by atoms with Crippen LogP contribution >= 0.6 is 0 Å². The van der Waals surface area contributed by atoms with E-state index in [2.05, 4.69) is 6.58 Å². The average molecular weight is 210 g/mol. The maximum Gasteiger partial charge on any atom is 0.0568 e. The van der Waals surface area contributed by atoms with E-state index in [0.29, 0.717) is 5.92 Å². The lowest BCUT2D eigenvalue weighted by molar-refractivity contribution is 0.0989. The average Bonchev–Trinajstić information content (AvgIpc) is 2.76. The van der Waals surface area contributed by atoms with E-state index in [1.807, 2.05) is 6.08 Å². The number of rotatable bonds is 8. The van der Waals surface area contributed by atoms with Gasteiger partial charge >= 0.3 is 0 Å². The first-order chi connectivity index (χ1) is 7.34. The van der Waals surface area contributed by atoms with Crippen molar-refractivity contribution in [2.24, 2.45) is 5.92 Å². The molecule has 0 amide bonds. The highest BCUT2D eigenvalue weighted by Gasteiger charge is 2.22. The molecule has 1 heteroatoms. The summed E-state index contributed by atoms with van der Waals surface area (Å²) in [6, 6.07) is 0. The molecule has 88 valence electrons. The lowest BCUT2D eigenvalue weighted by atomic mass is 9.96. The van der Waals surface area contributed by atoms with Crippen molar-refractivity contribution in [3.05, 3.63) is 12.7 Å². The minimum atomic E-state index is -0.00750. The van der Waals surface area contributed by atoms with E-state index < -0.39 is 0 Å². The van der Waals surface area contributed by atoms with E-state index in [9.17, 15) is 5.11 Å². The largest absolute Gasteiger partial charge is 0.393 e. The van der Waals surface area contributed by atoms with Crippen LogP contribution in [0.1, 0.15) is 64.2 Å². The van der Waals surface area contributed by atoms with E-state index in [4.69, 9.17) is 0 Å². The smallest absolute Gasteiger partial charge is 0.0568 e. The Balaban J connectivity index is 1.92. The van der Waals surface area contributed by atoms with E-state index in [-0.39, 0.29) is 6.10 Å². The molecule has 0 heterocycles. The molecular formula is C14H26O. The number of hydrogen-bond acceptors (Lipinski definition) is 1. The molecule has 1 nitrogen and oxygen atoms in total. The van der Waals surface area contributed by atoms with E-state index >= 15 is 0 Å². The molecule has 0 aromatic carbocycles. The Bertz CT molecular complexity index is 159. The second-order valence-electron chi connectivity index (χ2n) is 4.89. The van der Waals surface area contributed by atoms with Gasteiger partial charge in [-0.3, -0.25) is 0 Å². The third-order valence-corrected chi connectivity index (χ3v) is 3.60. The number of allylic oxidation sites excluding steroid dienone is 1. The molecule has 1 aliphatic rings. The van der Waals surface area contributed by atoms with Crippen LogP contribution in [-0.2, 0) is 0 Å². The van der Waals surface area contributed by atoms with Crippen LogP contribution in [-0.4, -0.2) is 11.2 Å². The molecule has 1 atom stereocenters. The lowest BCUT2D eigenvalue weighted by Crippen LogP contribution is -2.17. The third kappa shape index (κ3) is 5.36. The highest BCUT2D eigenvalue weighted by atomic mass is 16.3. The van der Waals surface area contributed by atoms with Gasteiger partial charge in [0.05, 0.1) is 6.10 Å². The van der Waals surface area contributed by atoms with Crippen molar-refractivity contribution in [3.63, 3.8) is 0 Å². The van der Waals surface area contributed by atoms with Crippen molar-refractivity contribution in [2.75, 3.05) is 0 Å². The van der Waals surface area contributed by atoms with Crippen molar-refractivity contribution >= 4 is 0 Å². The van der Waals surface area contributed by atoms with Crippen molar-refractivity contribution < 1.29 is 5.11 Å². The molecule has 0 radical (unpaired) electrons. The van der Waals surface area contributed by atoms with Gasteiger partial charge in [0.2, 0.25) is 0 Å². The molecule has 0 aromatic heterocycles. The first-order valence-corrected chi connectivity index (χ1v) is 6.63. The highest BCUT2D eigenvalue weighted by molar-refractivity contribution is 4.74. The molecule has 1 unspecified atom stereocenters. The van der Waals surface area contributed by atoms with Gasteiger partial charge in [0.25, 0.3) is 0 Å². The fraction of sp³-hybridized carbons (Fsp3) is 0.857. The Morgan fingerprint density at radius 1 is 1.13 bits per heavy atom. The van der Waals surface area contributed by atoms with Crippen LogP contribution in [0.2, 0.25) is 0 Å². The molecule has 1 saturated carbocycles. The zero-order chi connectivity index (χ0) is 10.9. The van der Waals surface area contributed by atoms with Gasteiger partial charge in [0.1, 0.15) is 0 Å². The fourth-order valence-electron chi connectivity index (χ4n) is 2.57. The predicted octanol–water partition coefficient (Wildman–Crippen LogP) is 4.06. The summed E-state index contributed by atoms with van der Waals surface area (Å²) in [6.45, 7) is 3.72. The summed E-state index contributed by atoms with van der Waals surface area (Å²) in [7, 11) is 0. The minimum absolute atomic E-state index is 0.00750. The van der Waals surface area contributed by atoms with Gasteiger partial charge in [-0.25, -0.2) is 0 Å². The van der Waals surface area contributed by atoms with Gasteiger partial charge in [-0.2, -0.15) is 0 Å². The maximum atomic E-state index is 9.94. The first kappa shape index (κ1) is 12.8. The van der Waals surface area contributed by atoms with Crippen molar-refractivity contribution in [1.29, 1.82) is 0 Å². The molecule has 0 bridgehead atoms. The summed E-state index contributed by atoms with van der Waals surface area (Å²) in [5.74, 6) is 0.623. The first-order valence-electron chi connectivity index (χ1n) is 6.63.